The number of ether oxygens (including phenoxy) is 1. The van der Waals surface area contributed by atoms with Crippen LogP contribution in [0, 0.1) is 5.82 Å². The van der Waals surface area contributed by atoms with E-state index in [1.165, 1.54) is 6.07 Å². The van der Waals surface area contributed by atoms with E-state index in [9.17, 15) is 12.8 Å². The monoisotopic (exact) mass is 303 g/mol. The zero-order valence-corrected chi connectivity index (χ0v) is 12.7. The Labute approximate surface area is 120 Å². The van der Waals surface area contributed by atoms with E-state index in [0.717, 1.165) is 5.56 Å². The smallest absolute Gasteiger partial charge is 0.165 e. The Hall–Kier alpha value is -1.14. The molecule has 1 aromatic rings. The van der Waals surface area contributed by atoms with Crippen molar-refractivity contribution in [2.45, 2.75) is 32.7 Å². The summed E-state index contributed by atoms with van der Waals surface area (Å²) >= 11 is 0. The van der Waals surface area contributed by atoms with Crippen molar-refractivity contribution < 1.29 is 17.5 Å². The SMILES string of the molecule is CCS(=O)(=O)CCCOc1ccc(CC(C)N)cc1F. The van der Waals surface area contributed by atoms with Gasteiger partial charge in [-0.15, -0.1) is 0 Å². The Balaban J connectivity index is 2.49. The average molecular weight is 303 g/mol. The van der Waals surface area contributed by atoms with E-state index in [-0.39, 0.29) is 29.9 Å². The molecular weight excluding hydrogens is 281 g/mol. The molecule has 0 heterocycles. The number of benzene rings is 1. The van der Waals surface area contributed by atoms with Gasteiger partial charge in [-0.3, -0.25) is 0 Å². The van der Waals surface area contributed by atoms with Crippen LogP contribution in [0.2, 0.25) is 0 Å². The minimum Gasteiger partial charge on any atom is -0.490 e. The normalized spacial score (nSPS) is 13.2. The van der Waals surface area contributed by atoms with Gasteiger partial charge in [0.25, 0.3) is 0 Å². The molecular formula is C14H22FNO3S. The number of nitrogens with two attached hydrogens (primary N) is 1. The van der Waals surface area contributed by atoms with Crippen LogP contribution >= 0.6 is 0 Å². The minimum absolute atomic E-state index is 0.0274. The van der Waals surface area contributed by atoms with Gasteiger partial charge in [0.05, 0.1) is 12.4 Å². The zero-order valence-electron chi connectivity index (χ0n) is 11.9. The van der Waals surface area contributed by atoms with Crippen molar-refractivity contribution in [1.29, 1.82) is 0 Å². The van der Waals surface area contributed by atoms with Crippen LogP contribution in [0.15, 0.2) is 18.2 Å². The number of sulfone groups is 1. The Morgan fingerprint density at radius 3 is 2.65 bits per heavy atom. The molecule has 2 N–H and O–H groups in total. The van der Waals surface area contributed by atoms with Gasteiger partial charge in [-0.05, 0) is 37.5 Å². The second-order valence-corrected chi connectivity index (χ2v) is 7.36. The highest BCUT2D eigenvalue weighted by molar-refractivity contribution is 7.91. The molecule has 0 saturated heterocycles. The molecule has 0 amide bonds. The number of hydrogen-bond donors (Lipinski definition) is 1. The summed E-state index contributed by atoms with van der Waals surface area (Å²) in [7, 11) is -2.99. The summed E-state index contributed by atoms with van der Waals surface area (Å²) in [6.07, 6.45) is 0.961. The van der Waals surface area contributed by atoms with E-state index in [1.807, 2.05) is 6.92 Å². The van der Waals surface area contributed by atoms with Crippen molar-refractivity contribution in [2.75, 3.05) is 18.1 Å². The molecule has 0 aliphatic heterocycles. The van der Waals surface area contributed by atoms with Crippen LogP contribution in [-0.4, -0.2) is 32.6 Å². The van der Waals surface area contributed by atoms with E-state index >= 15 is 0 Å². The van der Waals surface area contributed by atoms with Crippen molar-refractivity contribution in [3.8, 4) is 5.75 Å². The first-order valence-electron chi connectivity index (χ1n) is 6.71. The topological polar surface area (TPSA) is 69.4 Å². The van der Waals surface area contributed by atoms with Gasteiger partial charge in [-0.2, -0.15) is 0 Å². The number of hydrogen-bond acceptors (Lipinski definition) is 4. The fourth-order valence-corrected chi connectivity index (χ4v) is 2.61. The van der Waals surface area contributed by atoms with E-state index in [4.69, 9.17) is 10.5 Å². The second kappa shape index (κ2) is 7.59. The first-order valence-corrected chi connectivity index (χ1v) is 8.53. The van der Waals surface area contributed by atoms with Crippen LogP contribution in [0.1, 0.15) is 25.8 Å². The summed E-state index contributed by atoms with van der Waals surface area (Å²) in [5.74, 6) is -0.116. The maximum absolute atomic E-state index is 13.7. The summed E-state index contributed by atoms with van der Waals surface area (Å²) in [5.41, 5.74) is 6.47. The van der Waals surface area contributed by atoms with Crippen LogP contribution in [-0.2, 0) is 16.3 Å². The fraction of sp³-hybridized carbons (Fsp3) is 0.571. The predicted octanol–water partition coefficient (Wildman–Crippen LogP) is 1.92. The standard InChI is InChI=1S/C14H22FNO3S/c1-3-20(17,18)8-4-7-19-14-6-5-12(9-11(2)16)10-13(14)15/h5-6,10-11H,3-4,7-9,16H2,1-2H3. The first kappa shape index (κ1) is 16.9. The van der Waals surface area contributed by atoms with Gasteiger partial charge >= 0.3 is 0 Å². The molecule has 0 aliphatic carbocycles. The average Bonchev–Trinajstić information content (AvgIpc) is 2.36. The van der Waals surface area contributed by atoms with Gasteiger partial charge < -0.3 is 10.5 Å². The lowest BCUT2D eigenvalue weighted by Crippen LogP contribution is -2.17. The molecule has 0 fully saturated rings. The van der Waals surface area contributed by atoms with Crippen molar-refractivity contribution >= 4 is 9.84 Å². The summed E-state index contributed by atoms with van der Waals surface area (Å²) in [5, 5.41) is 0. The highest BCUT2D eigenvalue weighted by Crippen LogP contribution is 2.19. The lowest BCUT2D eigenvalue weighted by atomic mass is 10.1. The highest BCUT2D eigenvalue weighted by atomic mass is 32.2. The molecule has 0 bridgehead atoms. The summed E-state index contributed by atoms with van der Waals surface area (Å²) in [6, 6.07) is 4.70. The van der Waals surface area contributed by atoms with Crippen molar-refractivity contribution in [2.24, 2.45) is 5.73 Å². The minimum atomic E-state index is -2.99. The number of rotatable bonds is 8. The predicted molar refractivity (Wildman–Crippen MR) is 78.2 cm³/mol. The lowest BCUT2D eigenvalue weighted by molar-refractivity contribution is 0.301. The van der Waals surface area contributed by atoms with E-state index < -0.39 is 15.7 Å². The van der Waals surface area contributed by atoms with Gasteiger partial charge in [0, 0.05) is 11.8 Å². The van der Waals surface area contributed by atoms with Crippen molar-refractivity contribution in [1.82, 2.24) is 0 Å². The molecule has 0 radical (unpaired) electrons. The third-order valence-corrected chi connectivity index (χ3v) is 4.64. The summed E-state index contributed by atoms with van der Waals surface area (Å²) < 4.78 is 41.6. The zero-order chi connectivity index (χ0) is 15.2. The third kappa shape index (κ3) is 5.88. The summed E-state index contributed by atoms with van der Waals surface area (Å²) in [6.45, 7) is 3.65. The molecule has 0 aromatic heterocycles. The Morgan fingerprint density at radius 2 is 2.10 bits per heavy atom. The molecule has 1 rings (SSSR count). The Morgan fingerprint density at radius 1 is 1.40 bits per heavy atom. The molecule has 4 nitrogen and oxygen atoms in total. The number of halogens is 1. The van der Waals surface area contributed by atoms with Gasteiger partial charge in [0.1, 0.15) is 9.84 Å². The lowest BCUT2D eigenvalue weighted by Gasteiger charge is -2.10. The molecule has 1 unspecified atom stereocenters. The van der Waals surface area contributed by atoms with E-state index in [1.54, 1.807) is 19.1 Å². The quantitative estimate of drug-likeness (QED) is 0.745. The summed E-state index contributed by atoms with van der Waals surface area (Å²) in [4.78, 5) is 0. The van der Waals surface area contributed by atoms with Crippen LogP contribution in [0.5, 0.6) is 5.75 Å². The Bertz CT molecular complexity index is 529. The van der Waals surface area contributed by atoms with E-state index in [0.29, 0.717) is 12.8 Å². The fourth-order valence-electron chi connectivity index (χ4n) is 1.77. The van der Waals surface area contributed by atoms with Gasteiger partial charge in [-0.25, -0.2) is 12.8 Å². The maximum Gasteiger partial charge on any atom is 0.165 e. The van der Waals surface area contributed by atoms with E-state index in [2.05, 4.69) is 0 Å². The van der Waals surface area contributed by atoms with Crippen LogP contribution in [0.4, 0.5) is 4.39 Å². The molecule has 20 heavy (non-hydrogen) atoms. The van der Waals surface area contributed by atoms with Crippen molar-refractivity contribution in [3.05, 3.63) is 29.6 Å². The largest absolute Gasteiger partial charge is 0.490 e. The van der Waals surface area contributed by atoms with Gasteiger partial charge in [-0.1, -0.05) is 13.0 Å². The second-order valence-electron chi connectivity index (χ2n) is 4.88. The third-order valence-electron chi connectivity index (χ3n) is 2.85. The molecule has 0 aliphatic rings. The van der Waals surface area contributed by atoms with Crippen LogP contribution in [0.25, 0.3) is 0 Å². The van der Waals surface area contributed by atoms with Crippen LogP contribution < -0.4 is 10.5 Å². The van der Waals surface area contributed by atoms with Gasteiger partial charge in [0.2, 0.25) is 0 Å². The highest BCUT2D eigenvalue weighted by Gasteiger charge is 2.09. The molecule has 1 aromatic carbocycles. The molecule has 0 spiro atoms. The molecule has 6 heteroatoms. The van der Waals surface area contributed by atoms with Gasteiger partial charge in [0.15, 0.2) is 11.6 Å². The molecule has 0 saturated carbocycles. The molecule has 114 valence electrons. The first-order chi connectivity index (χ1) is 9.34. The van der Waals surface area contributed by atoms with Crippen LogP contribution in [0.3, 0.4) is 0 Å². The Kier molecular flexibility index (Phi) is 6.42. The molecule has 1 atom stereocenters. The van der Waals surface area contributed by atoms with Crippen molar-refractivity contribution in [3.63, 3.8) is 0 Å². The maximum atomic E-state index is 13.7.